The van der Waals surface area contributed by atoms with Crippen molar-refractivity contribution in [1.29, 1.82) is 0 Å². The van der Waals surface area contributed by atoms with Crippen molar-refractivity contribution in [3.05, 3.63) is 76.7 Å². The molecule has 2 aromatic rings. The van der Waals surface area contributed by atoms with Gasteiger partial charge in [0.25, 0.3) is 5.92 Å². The maximum absolute atomic E-state index is 15.9. The highest BCUT2D eigenvalue weighted by atomic mass is 32.2. The lowest BCUT2D eigenvalue weighted by atomic mass is 9.87. The molecule has 0 spiro atoms. The van der Waals surface area contributed by atoms with Gasteiger partial charge in [-0.25, -0.2) is 23.1 Å². The lowest BCUT2D eigenvalue weighted by molar-refractivity contribution is -0.0291. The number of thiol groups is 3. The number of allylic oxidation sites excluding steroid dienone is 1. The number of fused-ring (bicyclic) bond motifs is 2. The van der Waals surface area contributed by atoms with Crippen molar-refractivity contribution < 1.29 is 13.2 Å². The van der Waals surface area contributed by atoms with E-state index in [4.69, 9.17) is 47.9 Å². The fraction of sp³-hybridized carbons (Fsp3) is 0.529. The highest BCUT2D eigenvalue weighted by molar-refractivity contribution is 8.01. The topological polar surface area (TPSA) is 56.3 Å². The molecule has 1 atom stereocenters. The van der Waals surface area contributed by atoms with E-state index in [9.17, 15) is 0 Å². The second-order valence-corrected chi connectivity index (χ2v) is 16.5. The van der Waals surface area contributed by atoms with Gasteiger partial charge in [-0.15, -0.1) is 25.3 Å². The van der Waals surface area contributed by atoms with Crippen LogP contribution in [0.4, 0.5) is 24.8 Å². The average molecular weight is 723 g/mol. The van der Waals surface area contributed by atoms with Gasteiger partial charge in [0.1, 0.15) is 23.3 Å². The summed E-state index contributed by atoms with van der Waals surface area (Å²) in [5.41, 5.74) is 2.50. The minimum absolute atomic E-state index is 0.0553. The van der Waals surface area contributed by atoms with E-state index in [-0.39, 0.29) is 24.6 Å². The van der Waals surface area contributed by atoms with E-state index in [1.165, 1.54) is 18.2 Å². The van der Waals surface area contributed by atoms with Crippen molar-refractivity contribution in [2.45, 2.75) is 74.4 Å². The summed E-state index contributed by atoms with van der Waals surface area (Å²) >= 11 is 17.0. The highest BCUT2D eigenvalue weighted by Gasteiger charge is 2.42. The minimum Gasteiger partial charge on any atom is -0.385 e. The van der Waals surface area contributed by atoms with Crippen LogP contribution in [0.2, 0.25) is 0 Å². The number of halogens is 3. The van der Waals surface area contributed by atoms with Crippen LogP contribution in [0.15, 0.2) is 48.3 Å². The Balaban J connectivity index is 1.62. The summed E-state index contributed by atoms with van der Waals surface area (Å²) in [5, 5.41) is 6.66. The fourth-order valence-corrected chi connectivity index (χ4v) is 8.69. The van der Waals surface area contributed by atoms with Gasteiger partial charge in [-0.1, -0.05) is 38.3 Å². The molecule has 1 saturated heterocycles. The molecule has 4 heterocycles. The molecule has 5 rings (SSSR count). The van der Waals surface area contributed by atoms with Crippen LogP contribution >= 0.6 is 49.6 Å². The summed E-state index contributed by atoms with van der Waals surface area (Å²) in [5.74, 6) is -0.511. The third-order valence-corrected chi connectivity index (χ3v) is 11.9. The highest BCUT2D eigenvalue weighted by Crippen LogP contribution is 2.48. The van der Waals surface area contributed by atoms with Crippen LogP contribution < -0.4 is 15.5 Å². The van der Waals surface area contributed by atoms with Crippen LogP contribution in [0.25, 0.3) is 6.08 Å². The summed E-state index contributed by atoms with van der Waals surface area (Å²) in [6.07, 6.45) is 4.79. The molecule has 0 saturated carbocycles. The number of aromatic nitrogens is 2. The van der Waals surface area contributed by atoms with Crippen molar-refractivity contribution in [2.75, 3.05) is 41.4 Å². The normalized spacial score (nSPS) is 24.6. The molecule has 13 heteroatoms. The van der Waals surface area contributed by atoms with Gasteiger partial charge in [0.2, 0.25) is 0 Å². The van der Waals surface area contributed by atoms with E-state index in [2.05, 4.69) is 29.9 Å². The van der Waals surface area contributed by atoms with Gasteiger partial charge in [0.15, 0.2) is 4.20 Å². The minimum atomic E-state index is -3.37. The Morgan fingerprint density at radius 1 is 1.09 bits per heavy atom. The van der Waals surface area contributed by atoms with Crippen molar-refractivity contribution in [3.63, 3.8) is 0 Å². The van der Waals surface area contributed by atoms with Crippen LogP contribution in [0.5, 0.6) is 0 Å². The first-order chi connectivity index (χ1) is 22.2. The molecule has 0 aliphatic carbocycles. The van der Waals surface area contributed by atoms with Crippen molar-refractivity contribution in [3.8, 4) is 0 Å². The number of rotatable bonds is 2. The van der Waals surface area contributed by atoms with Crippen LogP contribution in [-0.4, -0.2) is 55.1 Å². The maximum Gasteiger partial charge on any atom is 0.277 e. The van der Waals surface area contributed by atoms with E-state index in [0.29, 0.717) is 54.7 Å². The Morgan fingerprint density at radius 3 is 2.51 bits per heavy atom. The molecule has 1 aromatic heterocycles. The Bertz CT molecular complexity index is 1540. The zero-order valence-corrected chi connectivity index (χ0v) is 30.8. The number of thioether (sulfide) groups is 1. The van der Waals surface area contributed by atoms with Gasteiger partial charge >= 0.3 is 0 Å². The number of nitrogens with zero attached hydrogens (tertiary/aromatic N) is 4. The molecule has 3 aliphatic heterocycles. The van der Waals surface area contributed by atoms with E-state index < -0.39 is 32.8 Å². The van der Waals surface area contributed by atoms with Crippen LogP contribution in [0, 0.1) is 18.7 Å². The second kappa shape index (κ2) is 14.5. The average Bonchev–Trinajstić information content (AvgIpc) is 3.02. The molecule has 1 aromatic carbocycles. The summed E-state index contributed by atoms with van der Waals surface area (Å²) in [6.45, 7) is 15.5. The molecule has 256 valence electrons. The number of aryl methyl sites for hydroxylation is 1. The number of hydrogen-bond donors (Lipinski definition) is 5. The van der Waals surface area contributed by atoms with Gasteiger partial charge in [0.05, 0.1) is 21.7 Å². The molecule has 6 nitrogen and oxygen atoms in total. The summed E-state index contributed by atoms with van der Waals surface area (Å²) < 4.78 is 46.0. The number of nitrogens with one attached hydrogen (secondary N) is 2. The maximum atomic E-state index is 15.9. The first-order valence-electron chi connectivity index (χ1n) is 16.1. The van der Waals surface area contributed by atoms with E-state index in [1.807, 2.05) is 35.4 Å². The molecule has 0 amide bonds. The predicted molar refractivity (Wildman–Crippen MR) is 200 cm³/mol. The molecular weight excluding hydrogens is 678 g/mol. The third-order valence-electron chi connectivity index (χ3n) is 9.37. The molecule has 6 bridgehead atoms. The van der Waals surface area contributed by atoms with Gasteiger partial charge in [0, 0.05) is 37.3 Å². The van der Waals surface area contributed by atoms with Gasteiger partial charge in [-0.3, -0.25) is 9.80 Å². The predicted octanol–water partition coefficient (Wildman–Crippen LogP) is 8.26. The monoisotopic (exact) mass is 722 g/mol. The zero-order chi connectivity index (χ0) is 34.1. The van der Waals surface area contributed by atoms with E-state index in [1.54, 1.807) is 6.92 Å². The summed E-state index contributed by atoms with van der Waals surface area (Å²) in [7, 11) is 0. The van der Waals surface area contributed by atoms with Crippen LogP contribution in [-0.2, 0) is 12.5 Å². The first-order valence-corrected chi connectivity index (χ1v) is 18.6. The number of alkyl halides is 2. The van der Waals surface area contributed by atoms with Crippen LogP contribution in [0.3, 0.4) is 0 Å². The number of anilines is 2. The number of benzene rings is 1. The van der Waals surface area contributed by atoms with Gasteiger partial charge < -0.3 is 10.6 Å². The Morgan fingerprint density at radius 2 is 1.81 bits per heavy atom. The molecular formula is C34H45F3N6S4. The largest absolute Gasteiger partial charge is 0.385 e. The quantitative estimate of drug-likeness (QED) is 0.158. The number of hydrogen-bond acceptors (Lipinski definition) is 10. The zero-order valence-electron chi connectivity index (χ0n) is 27.3. The second-order valence-electron chi connectivity index (χ2n) is 12.7. The summed E-state index contributed by atoms with van der Waals surface area (Å²) in [4.78, 5) is 12.7. The van der Waals surface area contributed by atoms with Crippen molar-refractivity contribution in [2.24, 2.45) is 5.92 Å². The van der Waals surface area contributed by atoms with E-state index in [0.717, 1.165) is 35.6 Å². The molecule has 2 N–H and O–H groups in total. The van der Waals surface area contributed by atoms with E-state index >= 15 is 13.2 Å². The molecule has 47 heavy (non-hydrogen) atoms. The lowest BCUT2D eigenvalue weighted by Gasteiger charge is -2.45. The van der Waals surface area contributed by atoms with Crippen molar-refractivity contribution >= 4 is 67.4 Å². The SMILES string of the molecule is C=C1C(C2CCSCC2)=Cc2c3nc(C)nc2N1C(S)(S)C(=C)NCCCC(C)(S)N(CC)CCC(F)(F)c1cccc(c1F)CN3. The van der Waals surface area contributed by atoms with Crippen molar-refractivity contribution in [1.82, 2.24) is 20.2 Å². The Labute approximate surface area is 297 Å². The van der Waals surface area contributed by atoms with Gasteiger partial charge in [-0.05, 0) is 75.1 Å². The summed E-state index contributed by atoms with van der Waals surface area (Å²) in [6, 6.07) is 4.18. The third kappa shape index (κ3) is 7.64. The Kier molecular flexibility index (Phi) is 11.2. The Hall–Kier alpha value is -1.93. The molecule has 1 fully saturated rings. The fourth-order valence-electron chi connectivity index (χ4n) is 6.60. The van der Waals surface area contributed by atoms with Gasteiger partial charge in [-0.2, -0.15) is 24.4 Å². The molecule has 3 aliphatic rings. The lowest BCUT2D eigenvalue weighted by Crippen LogP contribution is -2.47. The molecule has 0 radical (unpaired) electrons. The smallest absolute Gasteiger partial charge is 0.277 e. The molecule has 1 unspecified atom stereocenters. The first kappa shape index (κ1) is 36.4. The standard InChI is InChI=1S/C34H45F3N6S4/c1-6-42-16-14-33(36,37)28-10-7-9-25(29(28)35)20-39-30-27-19-26(24-11-17-47-18-12-24)21(2)43(31(27)41-23(4)40-30)34(45,46)22(3)38-15-8-13-32(42,5)44/h7,9-10,19,24,38,44-46H,2-3,6,8,11-18,20H2,1,4-5H3,(H,39,40,41). The van der Waals surface area contributed by atoms with Crippen LogP contribution in [0.1, 0.15) is 68.5 Å².